The molecule has 1 aliphatic rings. The van der Waals surface area contributed by atoms with Gasteiger partial charge in [-0.15, -0.1) is 0 Å². The lowest BCUT2D eigenvalue weighted by Crippen LogP contribution is -2.36. The second-order valence-electron chi connectivity index (χ2n) is 4.86. The van der Waals surface area contributed by atoms with Gasteiger partial charge in [-0.05, 0) is 24.8 Å². The van der Waals surface area contributed by atoms with Gasteiger partial charge in [-0.25, -0.2) is 9.78 Å². The zero-order valence-corrected chi connectivity index (χ0v) is 10.9. The van der Waals surface area contributed by atoms with Gasteiger partial charge >= 0.3 is 6.09 Å². The Hall–Kier alpha value is -2.37. The number of oxazole rings is 1. The molecule has 0 aromatic carbocycles. The number of amides is 1. The summed E-state index contributed by atoms with van der Waals surface area (Å²) in [5.74, 6) is 0.937. The number of hydrogen-bond donors (Lipinski definition) is 1. The van der Waals surface area contributed by atoms with E-state index in [0.29, 0.717) is 24.9 Å². The van der Waals surface area contributed by atoms with Crippen molar-refractivity contribution in [2.45, 2.75) is 12.8 Å². The van der Waals surface area contributed by atoms with E-state index in [1.165, 1.54) is 4.90 Å². The molecule has 1 fully saturated rings. The average Bonchev–Trinajstić information content (AvgIpc) is 2.88. The van der Waals surface area contributed by atoms with E-state index in [0.717, 1.165) is 23.9 Å². The quantitative estimate of drug-likeness (QED) is 0.909. The number of rotatable bonds is 2. The molecule has 1 saturated heterocycles. The number of nitrogens with zero attached hydrogens (tertiary/aromatic N) is 3. The summed E-state index contributed by atoms with van der Waals surface area (Å²) in [6.45, 7) is 1.17. The highest BCUT2D eigenvalue weighted by Crippen LogP contribution is 2.20. The van der Waals surface area contributed by atoms with Gasteiger partial charge in [-0.2, -0.15) is 0 Å². The van der Waals surface area contributed by atoms with Crippen molar-refractivity contribution in [1.82, 2.24) is 14.9 Å². The zero-order chi connectivity index (χ0) is 13.9. The van der Waals surface area contributed by atoms with E-state index in [9.17, 15) is 4.79 Å². The number of fused-ring (bicyclic) bond motifs is 1. The van der Waals surface area contributed by atoms with Crippen molar-refractivity contribution < 1.29 is 14.3 Å². The van der Waals surface area contributed by atoms with Gasteiger partial charge in [0.2, 0.25) is 5.89 Å². The van der Waals surface area contributed by atoms with E-state index in [1.807, 2.05) is 6.08 Å². The molecule has 1 amide bonds. The number of piperidine rings is 1. The minimum Gasteiger partial charge on any atom is -0.465 e. The van der Waals surface area contributed by atoms with Crippen LogP contribution in [0.2, 0.25) is 0 Å². The van der Waals surface area contributed by atoms with Crippen molar-refractivity contribution in [3.8, 4) is 0 Å². The number of hydrogen-bond acceptors (Lipinski definition) is 4. The van der Waals surface area contributed by atoms with Gasteiger partial charge in [0.15, 0.2) is 5.58 Å². The Morgan fingerprint density at radius 2 is 2.25 bits per heavy atom. The summed E-state index contributed by atoms with van der Waals surface area (Å²) in [5.41, 5.74) is 1.47. The molecule has 0 saturated carbocycles. The van der Waals surface area contributed by atoms with Crippen LogP contribution in [0, 0.1) is 5.92 Å². The zero-order valence-electron chi connectivity index (χ0n) is 10.9. The van der Waals surface area contributed by atoms with E-state index < -0.39 is 6.09 Å². The number of carboxylic acid groups (broad SMARTS) is 1. The summed E-state index contributed by atoms with van der Waals surface area (Å²) in [5, 5.41) is 8.89. The Bertz CT molecular complexity index is 609. The number of pyridine rings is 1. The first kappa shape index (κ1) is 12.7. The molecule has 1 aliphatic heterocycles. The summed E-state index contributed by atoms with van der Waals surface area (Å²) in [6, 6.07) is 1.78. The van der Waals surface area contributed by atoms with E-state index in [2.05, 4.69) is 16.0 Å². The molecule has 6 heteroatoms. The molecule has 104 valence electrons. The van der Waals surface area contributed by atoms with Crippen LogP contribution in [0.5, 0.6) is 0 Å². The average molecular weight is 273 g/mol. The first-order valence-corrected chi connectivity index (χ1v) is 6.59. The second-order valence-corrected chi connectivity index (χ2v) is 4.86. The second kappa shape index (κ2) is 5.32. The van der Waals surface area contributed by atoms with Gasteiger partial charge in [0.1, 0.15) is 5.52 Å². The van der Waals surface area contributed by atoms with Gasteiger partial charge in [-0.1, -0.05) is 6.08 Å². The Kier molecular flexibility index (Phi) is 3.37. The van der Waals surface area contributed by atoms with Crippen LogP contribution in [-0.2, 0) is 0 Å². The summed E-state index contributed by atoms with van der Waals surface area (Å²) in [4.78, 5) is 20.6. The Balaban J connectivity index is 1.64. The van der Waals surface area contributed by atoms with Crippen LogP contribution < -0.4 is 0 Å². The van der Waals surface area contributed by atoms with Crippen LogP contribution in [0.1, 0.15) is 18.7 Å². The fourth-order valence-corrected chi connectivity index (χ4v) is 2.37. The molecular formula is C14H15N3O3. The van der Waals surface area contributed by atoms with Crippen LogP contribution in [0.15, 0.2) is 29.0 Å². The van der Waals surface area contributed by atoms with Crippen molar-refractivity contribution >= 4 is 23.3 Å². The Morgan fingerprint density at radius 3 is 2.95 bits per heavy atom. The highest BCUT2D eigenvalue weighted by Gasteiger charge is 2.20. The standard InChI is InChI=1S/C14H15N3O3/c18-14(19)17-7-4-10(5-8-17)1-2-13-16-11-9-15-6-3-12(11)20-13/h1-3,6,9-10H,4-5,7-8H2,(H,18,19). The van der Waals surface area contributed by atoms with E-state index >= 15 is 0 Å². The maximum Gasteiger partial charge on any atom is 0.407 e. The van der Waals surface area contributed by atoms with E-state index in [4.69, 9.17) is 9.52 Å². The fourth-order valence-electron chi connectivity index (χ4n) is 2.37. The molecule has 2 aromatic rings. The molecule has 0 spiro atoms. The van der Waals surface area contributed by atoms with Crippen molar-refractivity contribution in [3.05, 3.63) is 30.4 Å². The third-order valence-corrected chi connectivity index (χ3v) is 3.53. The number of carbonyl (C=O) groups is 1. The van der Waals surface area contributed by atoms with Crippen LogP contribution in [0.3, 0.4) is 0 Å². The van der Waals surface area contributed by atoms with Gasteiger partial charge < -0.3 is 14.4 Å². The Morgan fingerprint density at radius 1 is 1.45 bits per heavy atom. The summed E-state index contributed by atoms with van der Waals surface area (Å²) < 4.78 is 5.58. The van der Waals surface area contributed by atoms with Crippen molar-refractivity contribution in [3.63, 3.8) is 0 Å². The smallest absolute Gasteiger partial charge is 0.407 e. The molecule has 3 heterocycles. The van der Waals surface area contributed by atoms with Gasteiger partial charge in [0.25, 0.3) is 0 Å². The third kappa shape index (κ3) is 2.64. The minimum absolute atomic E-state index is 0.374. The predicted molar refractivity (Wildman–Crippen MR) is 73.2 cm³/mol. The van der Waals surface area contributed by atoms with Crippen molar-refractivity contribution in [2.24, 2.45) is 5.92 Å². The lowest BCUT2D eigenvalue weighted by atomic mass is 9.97. The normalized spacial score (nSPS) is 17.1. The predicted octanol–water partition coefficient (Wildman–Crippen LogP) is 2.63. The fraction of sp³-hybridized carbons (Fsp3) is 0.357. The molecular weight excluding hydrogens is 258 g/mol. The minimum atomic E-state index is -0.834. The lowest BCUT2D eigenvalue weighted by molar-refractivity contribution is 0.129. The molecule has 1 N–H and O–H groups in total. The van der Waals surface area contributed by atoms with Crippen molar-refractivity contribution in [1.29, 1.82) is 0 Å². The van der Waals surface area contributed by atoms with Gasteiger partial charge in [0.05, 0.1) is 6.20 Å². The van der Waals surface area contributed by atoms with Crippen LogP contribution in [0.25, 0.3) is 17.2 Å². The first-order chi connectivity index (χ1) is 9.72. The number of aromatic nitrogens is 2. The summed E-state index contributed by atoms with van der Waals surface area (Å²) in [6.07, 6.45) is 8.09. The molecule has 0 radical (unpaired) electrons. The number of allylic oxidation sites excluding steroid dienone is 1. The van der Waals surface area contributed by atoms with Crippen LogP contribution >= 0.6 is 0 Å². The largest absolute Gasteiger partial charge is 0.465 e. The first-order valence-electron chi connectivity index (χ1n) is 6.59. The SMILES string of the molecule is O=C(O)N1CCC(C=Cc2nc3cnccc3o2)CC1. The molecule has 0 unspecified atom stereocenters. The van der Waals surface area contributed by atoms with Gasteiger partial charge in [-0.3, -0.25) is 4.98 Å². The van der Waals surface area contributed by atoms with Crippen molar-refractivity contribution in [2.75, 3.05) is 13.1 Å². The Labute approximate surface area is 115 Å². The monoisotopic (exact) mass is 273 g/mol. The molecule has 0 atom stereocenters. The highest BCUT2D eigenvalue weighted by molar-refractivity contribution is 5.72. The summed E-state index contributed by atoms with van der Waals surface area (Å²) in [7, 11) is 0. The molecule has 0 bridgehead atoms. The maximum absolute atomic E-state index is 10.8. The van der Waals surface area contributed by atoms with E-state index in [-0.39, 0.29) is 0 Å². The third-order valence-electron chi connectivity index (χ3n) is 3.53. The van der Waals surface area contributed by atoms with Gasteiger partial charge in [0, 0.05) is 25.4 Å². The van der Waals surface area contributed by atoms with Crippen LogP contribution in [-0.4, -0.2) is 39.2 Å². The summed E-state index contributed by atoms with van der Waals surface area (Å²) >= 11 is 0. The van der Waals surface area contributed by atoms with Crippen LogP contribution in [0.4, 0.5) is 4.79 Å². The molecule has 0 aliphatic carbocycles. The van der Waals surface area contributed by atoms with E-state index in [1.54, 1.807) is 18.5 Å². The molecule has 3 rings (SSSR count). The highest BCUT2D eigenvalue weighted by atomic mass is 16.4. The molecule has 20 heavy (non-hydrogen) atoms. The number of likely N-dealkylation sites (tertiary alicyclic amines) is 1. The maximum atomic E-state index is 10.8. The lowest BCUT2D eigenvalue weighted by Gasteiger charge is -2.28. The molecule has 2 aromatic heterocycles. The topological polar surface area (TPSA) is 79.5 Å². The molecule has 6 nitrogen and oxygen atoms in total.